The van der Waals surface area contributed by atoms with Crippen LogP contribution in [0.4, 0.5) is 0 Å². The molecule has 1 N–H and O–H groups in total. The molecule has 1 aliphatic carbocycles. The summed E-state index contributed by atoms with van der Waals surface area (Å²) in [6.07, 6.45) is 11.5. The molecule has 2 saturated heterocycles. The van der Waals surface area contributed by atoms with Gasteiger partial charge in [-0.3, -0.25) is 9.59 Å². The zero-order valence-corrected chi connectivity index (χ0v) is 20.7. The standard InChI is InChI=1S/C28H43N3O2/c1-22(2)21-25-26(32)31(24-14-7-4-8-15-24)28(27(33)29-25)16-19-30(20-17-28)18-10-9-13-23-11-5-3-6-12-23/h3,5-6,11-12,22,24-25H,4,7-10,13-21H2,1-2H3,(H,29,33)/t25-/m0/s1. The van der Waals surface area contributed by atoms with Crippen molar-refractivity contribution in [2.45, 2.75) is 102 Å². The van der Waals surface area contributed by atoms with E-state index in [1.807, 2.05) is 0 Å². The first-order valence-electron chi connectivity index (χ1n) is 13.4. The fraction of sp³-hybridized carbons (Fsp3) is 0.714. The van der Waals surface area contributed by atoms with Crippen LogP contribution in [0.1, 0.15) is 83.6 Å². The topological polar surface area (TPSA) is 52.7 Å². The Morgan fingerprint density at radius 3 is 2.36 bits per heavy atom. The van der Waals surface area contributed by atoms with Crippen LogP contribution in [-0.4, -0.2) is 58.9 Å². The molecule has 1 atom stereocenters. The molecule has 182 valence electrons. The maximum absolute atomic E-state index is 13.7. The molecule has 5 nitrogen and oxygen atoms in total. The third-order valence-electron chi connectivity index (χ3n) is 8.09. The molecule has 1 aromatic carbocycles. The summed E-state index contributed by atoms with van der Waals surface area (Å²) in [5.74, 6) is 0.688. The van der Waals surface area contributed by atoms with Crippen molar-refractivity contribution < 1.29 is 9.59 Å². The van der Waals surface area contributed by atoms with Gasteiger partial charge in [-0.05, 0) is 69.4 Å². The van der Waals surface area contributed by atoms with Crippen molar-refractivity contribution in [3.05, 3.63) is 35.9 Å². The predicted molar refractivity (Wildman–Crippen MR) is 133 cm³/mol. The van der Waals surface area contributed by atoms with Crippen LogP contribution in [0.5, 0.6) is 0 Å². The molecule has 1 saturated carbocycles. The molecular weight excluding hydrogens is 410 g/mol. The van der Waals surface area contributed by atoms with E-state index in [1.54, 1.807) is 0 Å². The number of hydrogen-bond donors (Lipinski definition) is 1. The first kappa shape index (κ1) is 24.3. The van der Waals surface area contributed by atoms with Gasteiger partial charge in [0, 0.05) is 19.1 Å². The Bertz CT molecular complexity index is 780. The number of hydrogen-bond acceptors (Lipinski definition) is 3. The smallest absolute Gasteiger partial charge is 0.246 e. The molecule has 1 spiro atoms. The number of nitrogens with zero attached hydrogens (tertiary/aromatic N) is 2. The fourth-order valence-corrected chi connectivity index (χ4v) is 6.27. The Balaban J connectivity index is 1.38. The number of carbonyl (C=O) groups is 2. The normalized spacial score (nSPS) is 24.5. The van der Waals surface area contributed by atoms with Gasteiger partial charge in [-0.2, -0.15) is 0 Å². The van der Waals surface area contributed by atoms with Gasteiger partial charge in [0.15, 0.2) is 0 Å². The lowest BCUT2D eigenvalue weighted by Crippen LogP contribution is -2.74. The molecule has 5 heteroatoms. The molecule has 2 aliphatic heterocycles. The van der Waals surface area contributed by atoms with E-state index in [1.165, 1.54) is 37.7 Å². The van der Waals surface area contributed by atoms with E-state index in [0.29, 0.717) is 5.92 Å². The molecule has 0 bridgehead atoms. The molecular formula is C28H43N3O2. The van der Waals surface area contributed by atoms with Gasteiger partial charge in [-0.1, -0.05) is 63.4 Å². The summed E-state index contributed by atoms with van der Waals surface area (Å²) >= 11 is 0. The second-order valence-electron chi connectivity index (χ2n) is 11.0. The summed E-state index contributed by atoms with van der Waals surface area (Å²) in [4.78, 5) is 31.9. The third kappa shape index (κ3) is 5.62. The average molecular weight is 454 g/mol. The van der Waals surface area contributed by atoms with Gasteiger partial charge in [-0.15, -0.1) is 0 Å². The van der Waals surface area contributed by atoms with Crippen LogP contribution in [0, 0.1) is 5.92 Å². The highest BCUT2D eigenvalue weighted by Crippen LogP contribution is 2.39. The van der Waals surface area contributed by atoms with Gasteiger partial charge in [0.2, 0.25) is 11.8 Å². The molecule has 1 aromatic rings. The summed E-state index contributed by atoms with van der Waals surface area (Å²) < 4.78 is 0. The molecule has 0 unspecified atom stereocenters. The molecule has 2 amide bonds. The van der Waals surface area contributed by atoms with Crippen LogP contribution in [-0.2, 0) is 16.0 Å². The number of unbranched alkanes of at least 4 members (excludes halogenated alkanes) is 1. The second kappa shape index (κ2) is 11.0. The van der Waals surface area contributed by atoms with E-state index in [4.69, 9.17) is 0 Å². The van der Waals surface area contributed by atoms with Crippen molar-refractivity contribution in [3.8, 4) is 0 Å². The van der Waals surface area contributed by atoms with Crippen molar-refractivity contribution >= 4 is 11.8 Å². The predicted octanol–water partition coefficient (Wildman–Crippen LogP) is 4.55. The Morgan fingerprint density at radius 1 is 1.00 bits per heavy atom. The van der Waals surface area contributed by atoms with Gasteiger partial charge >= 0.3 is 0 Å². The lowest BCUT2D eigenvalue weighted by molar-refractivity contribution is -0.166. The summed E-state index contributed by atoms with van der Waals surface area (Å²) in [5.41, 5.74) is 0.777. The van der Waals surface area contributed by atoms with Crippen molar-refractivity contribution in [1.29, 1.82) is 0 Å². The minimum atomic E-state index is -0.632. The Hall–Kier alpha value is -1.88. The lowest BCUT2D eigenvalue weighted by atomic mass is 9.78. The van der Waals surface area contributed by atoms with E-state index in [2.05, 4.69) is 59.3 Å². The molecule has 4 rings (SSSR count). The van der Waals surface area contributed by atoms with E-state index >= 15 is 0 Å². The number of aryl methyl sites for hydroxylation is 1. The van der Waals surface area contributed by atoms with Crippen LogP contribution in [0.3, 0.4) is 0 Å². The molecule has 2 heterocycles. The number of piperazine rings is 1. The summed E-state index contributed by atoms with van der Waals surface area (Å²) in [6, 6.07) is 10.6. The van der Waals surface area contributed by atoms with Crippen LogP contribution >= 0.6 is 0 Å². The zero-order chi connectivity index (χ0) is 23.3. The third-order valence-corrected chi connectivity index (χ3v) is 8.09. The number of amides is 2. The number of carbonyl (C=O) groups excluding carboxylic acids is 2. The van der Waals surface area contributed by atoms with Gasteiger partial charge in [-0.25, -0.2) is 0 Å². The van der Waals surface area contributed by atoms with Crippen LogP contribution < -0.4 is 5.32 Å². The van der Waals surface area contributed by atoms with Crippen molar-refractivity contribution in [1.82, 2.24) is 15.1 Å². The number of benzene rings is 1. The highest BCUT2D eigenvalue weighted by atomic mass is 16.2. The first-order valence-corrected chi connectivity index (χ1v) is 13.4. The van der Waals surface area contributed by atoms with Crippen molar-refractivity contribution in [2.24, 2.45) is 5.92 Å². The Kier molecular flexibility index (Phi) is 8.11. The maximum Gasteiger partial charge on any atom is 0.246 e. The van der Waals surface area contributed by atoms with Crippen LogP contribution in [0.15, 0.2) is 30.3 Å². The van der Waals surface area contributed by atoms with E-state index in [9.17, 15) is 9.59 Å². The summed E-state index contributed by atoms with van der Waals surface area (Å²) in [6.45, 7) is 7.15. The number of likely N-dealkylation sites (tertiary alicyclic amines) is 1. The number of rotatable bonds is 8. The van der Waals surface area contributed by atoms with Crippen LogP contribution in [0.25, 0.3) is 0 Å². The number of piperidine rings is 1. The quantitative estimate of drug-likeness (QED) is 0.588. The van der Waals surface area contributed by atoms with Gasteiger partial charge in [0.25, 0.3) is 0 Å². The highest BCUT2D eigenvalue weighted by molar-refractivity contribution is 6.00. The highest BCUT2D eigenvalue weighted by Gasteiger charge is 2.55. The monoisotopic (exact) mass is 453 g/mol. The van der Waals surface area contributed by atoms with E-state index in [0.717, 1.165) is 58.2 Å². The summed E-state index contributed by atoms with van der Waals surface area (Å²) in [5, 5.41) is 3.16. The van der Waals surface area contributed by atoms with E-state index in [-0.39, 0.29) is 23.9 Å². The minimum absolute atomic E-state index is 0.113. The first-order chi connectivity index (χ1) is 16.0. The molecule has 3 aliphatic rings. The minimum Gasteiger partial charge on any atom is -0.342 e. The largest absolute Gasteiger partial charge is 0.342 e. The van der Waals surface area contributed by atoms with Crippen LogP contribution in [0.2, 0.25) is 0 Å². The number of nitrogens with one attached hydrogen (secondary N) is 1. The SMILES string of the molecule is CC(C)C[C@@H]1NC(=O)C2(CCN(CCCCc3ccccc3)CC2)N(C2CCCCC2)C1=O. The molecule has 33 heavy (non-hydrogen) atoms. The lowest BCUT2D eigenvalue weighted by Gasteiger charge is -2.55. The second-order valence-corrected chi connectivity index (χ2v) is 11.0. The fourth-order valence-electron chi connectivity index (χ4n) is 6.27. The molecule has 0 aromatic heterocycles. The molecule has 0 radical (unpaired) electrons. The Labute approximate surface area is 200 Å². The van der Waals surface area contributed by atoms with E-state index < -0.39 is 5.54 Å². The van der Waals surface area contributed by atoms with Gasteiger partial charge in [0.1, 0.15) is 11.6 Å². The van der Waals surface area contributed by atoms with Crippen molar-refractivity contribution in [3.63, 3.8) is 0 Å². The Morgan fingerprint density at radius 2 is 1.70 bits per heavy atom. The average Bonchev–Trinajstić information content (AvgIpc) is 2.83. The zero-order valence-electron chi connectivity index (χ0n) is 20.7. The van der Waals surface area contributed by atoms with Crippen molar-refractivity contribution in [2.75, 3.05) is 19.6 Å². The van der Waals surface area contributed by atoms with Gasteiger partial charge in [0.05, 0.1) is 0 Å². The maximum atomic E-state index is 13.7. The molecule has 3 fully saturated rings. The van der Waals surface area contributed by atoms with Gasteiger partial charge < -0.3 is 15.1 Å². The summed E-state index contributed by atoms with van der Waals surface area (Å²) in [7, 11) is 0.